The van der Waals surface area contributed by atoms with Crippen molar-refractivity contribution in [2.75, 3.05) is 18.4 Å². The Kier molecular flexibility index (Phi) is 6.23. The van der Waals surface area contributed by atoms with Crippen LogP contribution in [0.25, 0.3) is 0 Å². The molecule has 2 rings (SSSR count). The monoisotopic (exact) mass is 361 g/mol. The van der Waals surface area contributed by atoms with Crippen molar-refractivity contribution in [2.45, 2.75) is 40.2 Å². The summed E-state index contributed by atoms with van der Waals surface area (Å²) in [6.45, 7) is 8.29. The number of nitrogens with zero attached hydrogens (tertiary/aromatic N) is 1. The van der Waals surface area contributed by atoms with Crippen molar-refractivity contribution >= 4 is 23.6 Å². The maximum absolute atomic E-state index is 12.5. The molecule has 1 aromatic carbocycles. The smallest absolute Gasteiger partial charge is 0.321 e. The Balaban J connectivity index is 2.07. The second kappa shape index (κ2) is 8.21. The van der Waals surface area contributed by atoms with E-state index in [2.05, 4.69) is 10.6 Å². The van der Waals surface area contributed by atoms with E-state index in [0.717, 1.165) is 5.56 Å². The number of carboxylic acid groups (broad SMARTS) is 1. The van der Waals surface area contributed by atoms with E-state index in [0.29, 0.717) is 24.2 Å². The minimum absolute atomic E-state index is 0.0467. The fraction of sp³-hybridized carbons (Fsp3) is 0.526. The molecule has 0 radical (unpaired) electrons. The lowest BCUT2D eigenvalue weighted by Crippen LogP contribution is -2.47. The molecular weight excluding hydrogens is 334 g/mol. The zero-order valence-electron chi connectivity index (χ0n) is 15.7. The molecule has 1 aliphatic rings. The van der Waals surface area contributed by atoms with E-state index in [1.807, 2.05) is 27.7 Å². The second-order valence-electron chi connectivity index (χ2n) is 7.37. The van der Waals surface area contributed by atoms with Gasteiger partial charge in [0.15, 0.2) is 0 Å². The van der Waals surface area contributed by atoms with Crippen molar-refractivity contribution < 1.29 is 19.5 Å². The Morgan fingerprint density at radius 1 is 1.23 bits per heavy atom. The first-order valence-corrected chi connectivity index (χ1v) is 8.87. The number of nitrogens with one attached hydrogen (secondary N) is 2. The standard InChI is InChI=1S/C19H27N3O4/c1-11(2)20-17(23)14-5-6-16(13(4)8-14)21-19(26)22-9-12(3)7-15(10-22)18(24)25/h5-6,8,11-12,15H,7,9-10H2,1-4H3,(H,20,23)(H,21,26)(H,24,25). The Hall–Kier alpha value is -2.57. The van der Waals surface area contributed by atoms with Gasteiger partial charge in [-0.1, -0.05) is 6.92 Å². The third-order valence-electron chi connectivity index (χ3n) is 4.45. The van der Waals surface area contributed by atoms with Gasteiger partial charge in [0.05, 0.1) is 5.92 Å². The summed E-state index contributed by atoms with van der Waals surface area (Å²) in [5.41, 5.74) is 1.92. The molecule has 26 heavy (non-hydrogen) atoms. The van der Waals surface area contributed by atoms with Crippen molar-refractivity contribution in [3.05, 3.63) is 29.3 Å². The number of piperidine rings is 1. The highest BCUT2D eigenvalue weighted by Crippen LogP contribution is 2.23. The fourth-order valence-corrected chi connectivity index (χ4v) is 3.18. The first-order valence-electron chi connectivity index (χ1n) is 8.87. The van der Waals surface area contributed by atoms with Crippen LogP contribution in [0.3, 0.4) is 0 Å². The van der Waals surface area contributed by atoms with Crippen LogP contribution in [0, 0.1) is 18.8 Å². The molecule has 142 valence electrons. The van der Waals surface area contributed by atoms with Crippen molar-refractivity contribution in [3.8, 4) is 0 Å². The first-order chi connectivity index (χ1) is 12.2. The second-order valence-corrected chi connectivity index (χ2v) is 7.37. The molecule has 7 heteroatoms. The number of amides is 3. The van der Waals surface area contributed by atoms with Crippen LogP contribution in [0.2, 0.25) is 0 Å². The Bertz CT molecular complexity index is 702. The van der Waals surface area contributed by atoms with E-state index in [4.69, 9.17) is 0 Å². The van der Waals surface area contributed by atoms with Crippen LogP contribution in [-0.4, -0.2) is 47.0 Å². The highest BCUT2D eigenvalue weighted by molar-refractivity contribution is 5.96. The molecule has 2 atom stereocenters. The van der Waals surface area contributed by atoms with Gasteiger partial charge in [-0.2, -0.15) is 0 Å². The van der Waals surface area contributed by atoms with Crippen LogP contribution in [-0.2, 0) is 4.79 Å². The number of carbonyl (C=O) groups is 3. The van der Waals surface area contributed by atoms with Gasteiger partial charge in [0.1, 0.15) is 0 Å². The Morgan fingerprint density at radius 2 is 1.92 bits per heavy atom. The summed E-state index contributed by atoms with van der Waals surface area (Å²) in [5.74, 6) is -1.42. The molecular formula is C19H27N3O4. The number of likely N-dealkylation sites (tertiary alicyclic amines) is 1. The minimum Gasteiger partial charge on any atom is -0.481 e. The van der Waals surface area contributed by atoms with Crippen molar-refractivity contribution in [2.24, 2.45) is 11.8 Å². The number of aryl methyl sites for hydroxylation is 1. The van der Waals surface area contributed by atoms with Crippen molar-refractivity contribution in [3.63, 3.8) is 0 Å². The van der Waals surface area contributed by atoms with E-state index >= 15 is 0 Å². The van der Waals surface area contributed by atoms with Crippen LogP contribution >= 0.6 is 0 Å². The van der Waals surface area contributed by atoms with Gasteiger partial charge < -0.3 is 20.6 Å². The number of rotatable bonds is 4. The summed E-state index contributed by atoms with van der Waals surface area (Å²) in [6, 6.07) is 4.83. The van der Waals surface area contributed by atoms with Gasteiger partial charge in [-0.05, 0) is 56.9 Å². The zero-order chi connectivity index (χ0) is 19.4. The summed E-state index contributed by atoms with van der Waals surface area (Å²) in [5, 5.41) is 14.9. The van der Waals surface area contributed by atoms with Crippen molar-refractivity contribution in [1.82, 2.24) is 10.2 Å². The number of hydrogen-bond donors (Lipinski definition) is 3. The average molecular weight is 361 g/mol. The molecule has 0 spiro atoms. The summed E-state index contributed by atoms with van der Waals surface area (Å²) in [4.78, 5) is 37.4. The molecule has 0 bridgehead atoms. The highest BCUT2D eigenvalue weighted by atomic mass is 16.4. The molecule has 1 aromatic rings. The molecule has 1 fully saturated rings. The van der Waals surface area contributed by atoms with E-state index < -0.39 is 11.9 Å². The van der Waals surface area contributed by atoms with Gasteiger partial charge in [-0.15, -0.1) is 0 Å². The van der Waals surface area contributed by atoms with Crippen molar-refractivity contribution in [1.29, 1.82) is 0 Å². The maximum atomic E-state index is 12.5. The number of carbonyl (C=O) groups excluding carboxylic acids is 2. The Morgan fingerprint density at radius 3 is 2.50 bits per heavy atom. The first kappa shape index (κ1) is 19.8. The average Bonchev–Trinajstić information content (AvgIpc) is 2.55. The molecule has 0 aromatic heterocycles. The summed E-state index contributed by atoms with van der Waals surface area (Å²) in [7, 11) is 0. The van der Waals surface area contributed by atoms with Crippen LogP contribution in [0.4, 0.5) is 10.5 Å². The fourth-order valence-electron chi connectivity index (χ4n) is 3.18. The van der Waals surface area contributed by atoms with Gasteiger partial charge in [-0.25, -0.2) is 4.79 Å². The third-order valence-corrected chi connectivity index (χ3v) is 4.45. The van der Waals surface area contributed by atoms with E-state index in [1.165, 1.54) is 0 Å². The molecule has 0 aliphatic carbocycles. The summed E-state index contributed by atoms with van der Waals surface area (Å²) < 4.78 is 0. The van der Waals surface area contributed by atoms with Gasteiger partial charge in [0.2, 0.25) is 0 Å². The van der Waals surface area contributed by atoms with Gasteiger partial charge in [0.25, 0.3) is 5.91 Å². The molecule has 0 saturated carbocycles. The molecule has 1 heterocycles. The SMILES string of the molecule is Cc1cc(C(=O)NC(C)C)ccc1NC(=O)N1CC(C)CC(C(=O)O)C1. The highest BCUT2D eigenvalue weighted by Gasteiger charge is 2.32. The zero-order valence-corrected chi connectivity index (χ0v) is 15.7. The number of aliphatic carboxylic acids is 1. The number of carboxylic acids is 1. The van der Waals surface area contributed by atoms with E-state index in [1.54, 1.807) is 23.1 Å². The molecule has 2 unspecified atom stereocenters. The molecule has 3 amide bonds. The minimum atomic E-state index is -0.869. The molecule has 1 aliphatic heterocycles. The summed E-state index contributed by atoms with van der Waals surface area (Å²) in [6.07, 6.45) is 0.581. The van der Waals surface area contributed by atoms with Crippen LogP contribution < -0.4 is 10.6 Å². The molecule has 3 N–H and O–H groups in total. The Labute approximate surface area is 153 Å². The topological polar surface area (TPSA) is 98.7 Å². The normalized spacial score (nSPS) is 20.0. The lowest BCUT2D eigenvalue weighted by atomic mass is 9.91. The number of hydrogen-bond acceptors (Lipinski definition) is 3. The molecule has 1 saturated heterocycles. The predicted molar refractivity (Wildman–Crippen MR) is 99.3 cm³/mol. The van der Waals surface area contributed by atoms with E-state index in [-0.39, 0.29) is 30.4 Å². The molecule has 7 nitrogen and oxygen atoms in total. The lowest BCUT2D eigenvalue weighted by molar-refractivity contribution is -0.143. The van der Waals surface area contributed by atoms with Gasteiger partial charge in [-0.3, -0.25) is 9.59 Å². The van der Waals surface area contributed by atoms with Crippen LogP contribution in [0.5, 0.6) is 0 Å². The number of anilines is 1. The van der Waals surface area contributed by atoms with Crippen LogP contribution in [0.15, 0.2) is 18.2 Å². The van der Waals surface area contributed by atoms with Gasteiger partial charge >= 0.3 is 12.0 Å². The maximum Gasteiger partial charge on any atom is 0.321 e. The summed E-state index contributed by atoms with van der Waals surface area (Å²) >= 11 is 0. The lowest BCUT2D eigenvalue weighted by Gasteiger charge is -2.34. The van der Waals surface area contributed by atoms with Crippen LogP contribution in [0.1, 0.15) is 43.1 Å². The number of benzene rings is 1. The van der Waals surface area contributed by atoms with E-state index in [9.17, 15) is 19.5 Å². The third kappa shape index (κ3) is 4.97. The van der Waals surface area contributed by atoms with Gasteiger partial charge in [0, 0.05) is 30.4 Å². The number of urea groups is 1. The predicted octanol–water partition coefficient (Wildman–Crippen LogP) is 2.71. The largest absolute Gasteiger partial charge is 0.481 e. The quantitative estimate of drug-likeness (QED) is 0.768.